The zero-order valence-corrected chi connectivity index (χ0v) is 16.2. The van der Waals surface area contributed by atoms with Crippen molar-refractivity contribution in [3.63, 3.8) is 0 Å². The Balaban J connectivity index is 1.57. The molecule has 0 aliphatic rings. The molecule has 4 heteroatoms. The average molecular weight is 369 g/mol. The number of rotatable bonds is 6. The van der Waals surface area contributed by atoms with Crippen LogP contribution in [0.4, 0.5) is 0 Å². The van der Waals surface area contributed by atoms with E-state index in [1.165, 1.54) is 11.1 Å². The molecule has 28 heavy (non-hydrogen) atoms. The van der Waals surface area contributed by atoms with Crippen LogP contribution in [0.3, 0.4) is 0 Å². The van der Waals surface area contributed by atoms with E-state index in [-0.39, 0.29) is 0 Å². The van der Waals surface area contributed by atoms with Crippen LogP contribution in [0.15, 0.2) is 67.1 Å². The van der Waals surface area contributed by atoms with Gasteiger partial charge in [-0.15, -0.1) is 0 Å². The monoisotopic (exact) mass is 369 g/mol. The minimum absolute atomic E-state index is 0.633. The smallest absolute Gasteiger partial charge is 0.138 e. The van der Waals surface area contributed by atoms with Gasteiger partial charge in [0.2, 0.25) is 0 Å². The molecule has 2 aromatic heterocycles. The van der Waals surface area contributed by atoms with Gasteiger partial charge in [-0.3, -0.25) is 4.57 Å². The number of hydrogen-bond donors (Lipinski definition) is 0. The number of ether oxygens (including phenoxy) is 1. The van der Waals surface area contributed by atoms with Gasteiger partial charge in [-0.05, 0) is 54.3 Å². The first kappa shape index (κ1) is 18.0. The summed E-state index contributed by atoms with van der Waals surface area (Å²) in [6.07, 6.45) is 8.86. The van der Waals surface area contributed by atoms with E-state index in [0.717, 1.165) is 34.6 Å². The van der Waals surface area contributed by atoms with Crippen molar-refractivity contribution < 1.29 is 4.74 Å². The molecule has 0 saturated heterocycles. The predicted molar refractivity (Wildman–Crippen MR) is 115 cm³/mol. The summed E-state index contributed by atoms with van der Waals surface area (Å²) in [4.78, 5) is 9.04. The number of imidazole rings is 1. The minimum atomic E-state index is 0.633. The first-order chi connectivity index (χ1) is 13.8. The Kier molecular flexibility index (Phi) is 5.20. The summed E-state index contributed by atoms with van der Waals surface area (Å²) >= 11 is 0. The summed E-state index contributed by atoms with van der Waals surface area (Å²) in [7, 11) is 0. The lowest BCUT2D eigenvalue weighted by Gasteiger charge is -2.06. The molecule has 0 atom stereocenters. The molecule has 0 spiro atoms. The van der Waals surface area contributed by atoms with Crippen molar-refractivity contribution in [2.45, 2.75) is 20.3 Å². The van der Waals surface area contributed by atoms with Gasteiger partial charge in [0.25, 0.3) is 0 Å². The highest BCUT2D eigenvalue weighted by molar-refractivity contribution is 5.82. The molecule has 0 aliphatic carbocycles. The van der Waals surface area contributed by atoms with Gasteiger partial charge in [0.05, 0.1) is 23.8 Å². The van der Waals surface area contributed by atoms with Crippen molar-refractivity contribution in [1.82, 2.24) is 14.5 Å². The maximum absolute atomic E-state index is 5.46. The molecule has 140 valence electrons. The van der Waals surface area contributed by atoms with E-state index in [9.17, 15) is 0 Å². The summed E-state index contributed by atoms with van der Waals surface area (Å²) in [5.74, 6) is 1.60. The number of hydrogen-bond acceptors (Lipinski definition) is 3. The molecule has 4 nitrogen and oxygen atoms in total. The molecule has 0 saturated carbocycles. The fraction of sp³-hybridized carbons (Fsp3) is 0.167. The van der Waals surface area contributed by atoms with E-state index in [1.807, 2.05) is 30.0 Å². The van der Waals surface area contributed by atoms with Crippen LogP contribution in [0.25, 0.3) is 29.0 Å². The number of nitrogens with zero attached hydrogens (tertiary/aromatic N) is 3. The fourth-order valence-electron chi connectivity index (χ4n) is 3.14. The Morgan fingerprint density at radius 2 is 1.68 bits per heavy atom. The summed E-state index contributed by atoms with van der Waals surface area (Å²) < 4.78 is 7.45. The van der Waals surface area contributed by atoms with Gasteiger partial charge in [0, 0.05) is 0 Å². The second-order valence-electron chi connectivity index (χ2n) is 6.58. The van der Waals surface area contributed by atoms with Crippen LogP contribution in [0.1, 0.15) is 30.5 Å². The predicted octanol–water partition coefficient (Wildman–Crippen LogP) is 5.55. The molecule has 0 radical (unpaired) electrons. The van der Waals surface area contributed by atoms with Gasteiger partial charge in [-0.1, -0.05) is 49.4 Å². The molecule has 4 rings (SSSR count). The van der Waals surface area contributed by atoms with E-state index in [1.54, 1.807) is 6.20 Å². The second-order valence-corrected chi connectivity index (χ2v) is 6.58. The van der Waals surface area contributed by atoms with E-state index < -0.39 is 0 Å². The van der Waals surface area contributed by atoms with Crippen LogP contribution in [0.2, 0.25) is 0 Å². The number of pyridine rings is 1. The third kappa shape index (κ3) is 3.81. The lowest BCUT2D eigenvalue weighted by atomic mass is 10.1. The Morgan fingerprint density at radius 3 is 2.39 bits per heavy atom. The number of aromatic nitrogens is 3. The van der Waals surface area contributed by atoms with Gasteiger partial charge in [0.1, 0.15) is 17.9 Å². The zero-order valence-electron chi connectivity index (χ0n) is 16.2. The van der Waals surface area contributed by atoms with Crippen molar-refractivity contribution in [3.05, 3.63) is 83.8 Å². The maximum Gasteiger partial charge on any atom is 0.138 e. The molecule has 0 N–H and O–H groups in total. The quantitative estimate of drug-likeness (QED) is 0.418. The molecular weight excluding hydrogens is 346 g/mol. The zero-order chi connectivity index (χ0) is 19.3. The summed E-state index contributed by atoms with van der Waals surface area (Å²) in [6.45, 7) is 4.76. The van der Waals surface area contributed by atoms with Crippen LogP contribution in [0, 0.1) is 0 Å². The Hall–Kier alpha value is -3.40. The summed E-state index contributed by atoms with van der Waals surface area (Å²) in [5.41, 5.74) is 5.64. The van der Waals surface area contributed by atoms with Crippen molar-refractivity contribution in [1.29, 1.82) is 0 Å². The van der Waals surface area contributed by atoms with Gasteiger partial charge < -0.3 is 4.74 Å². The summed E-state index contributed by atoms with van der Waals surface area (Å²) in [6, 6.07) is 18.8. The Bertz CT molecular complexity index is 1090. The molecule has 0 unspecified atom stereocenters. The maximum atomic E-state index is 5.46. The third-order valence-corrected chi connectivity index (χ3v) is 4.71. The fourth-order valence-corrected chi connectivity index (χ4v) is 3.14. The SMILES string of the molecule is CCOc1ccc(-n2cnc3cc(/C=C/c4ccc(CC)cc4)ccc32)nc1. The molecule has 2 aromatic carbocycles. The van der Waals surface area contributed by atoms with Crippen molar-refractivity contribution in [3.8, 4) is 11.6 Å². The topological polar surface area (TPSA) is 39.9 Å². The lowest BCUT2D eigenvalue weighted by Crippen LogP contribution is -1.97. The summed E-state index contributed by atoms with van der Waals surface area (Å²) in [5, 5.41) is 0. The first-order valence-electron chi connectivity index (χ1n) is 9.60. The van der Waals surface area contributed by atoms with E-state index in [0.29, 0.717) is 6.61 Å². The lowest BCUT2D eigenvalue weighted by molar-refractivity contribution is 0.339. The number of benzene rings is 2. The highest BCUT2D eigenvalue weighted by Crippen LogP contribution is 2.21. The van der Waals surface area contributed by atoms with E-state index in [4.69, 9.17) is 4.74 Å². The Morgan fingerprint density at radius 1 is 0.893 bits per heavy atom. The number of fused-ring (bicyclic) bond motifs is 1. The normalized spacial score (nSPS) is 11.4. The average Bonchev–Trinajstić information content (AvgIpc) is 3.17. The molecule has 0 aliphatic heterocycles. The van der Waals surface area contributed by atoms with E-state index in [2.05, 4.69) is 71.5 Å². The van der Waals surface area contributed by atoms with Crippen LogP contribution in [0.5, 0.6) is 5.75 Å². The second kappa shape index (κ2) is 8.09. The van der Waals surface area contributed by atoms with Crippen LogP contribution >= 0.6 is 0 Å². The van der Waals surface area contributed by atoms with Crippen LogP contribution < -0.4 is 4.74 Å². The highest BCUT2D eigenvalue weighted by atomic mass is 16.5. The van der Waals surface area contributed by atoms with Gasteiger partial charge in [-0.25, -0.2) is 9.97 Å². The first-order valence-corrected chi connectivity index (χ1v) is 9.60. The molecule has 2 heterocycles. The molecule has 4 aromatic rings. The van der Waals surface area contributed by atoms with E-state index >= 15 is 0 Å². The van der Waals surface area contributed by atoms with Gasteiger partial charge >= 0.3 is 0 Å². The molecule has 0 bridgehead atoms. The van der Waals surface area contributed by atoms with Crippen molar-refractivity contribution in [2.24, 2.45) is 0 Å². The minimum Gasteiger partial charge on any atom is -0.492 e. The molecular formula is C24H23N3O. The third-order valence-electron chi connectivity index (χ3n) is 4.71. The number of aryl methyl sites for hydroxylation is 1. The van der Waals surface area contributed by atoms with Crippen LogP contribution in [-0.4, -0.2) is 21.1 Å². The standard InChI is InChI=1S/C24H23N3O/c1-3-18-5-7-19(8-6-18)9-10-20-11-13-23-22(15-20)26-17-27(23)24-14-12-21(16-25-24)28-4-2/h5-17H,3-4H2,1-2H3/b10-9+. The van der Waals surface area contributed by atoms with Crippen LogP contribution in [-0.2, 0) is 6.42 Å². The highest BCUT2D eigenvalue weighted by Gasteiger charge is 2.06. The molecule has 0 fully saturated rings. The van der Waals surface area contributed by atoms with Gasteiger partial charge in [-0.2, -0.15) is 0 Å². The molecule has 0 amide bonds. The van der Waals surface area contributed by atoms with Crippen molar-refractivity contribution >= 4 is 23.2 Å². The van der Waals surface area contributed by atoms with Crippen molar-refractivity contribution in [2.75, 3.05) is 6.61 Å². The largest absolute Gasteiger partial charge is 0.492 e. The Labute approximate surface area is 165 Å². The van der Waals surface area contributed by atoms with Gasteiger partial charge in [0.15, 0.2) is 0 Å².